The Morgan fingerprint density at radius 1 is 1.40 bits per heavy atom. The average Bonchev–Trinajstić information content (AvgIpc) is 2.42. The molecule has 2 aliphatic rings. The molecule has 0 saturated carbocycles. The monoisotopic (exact) mass is 170 g/mol. The Balaban J connectivity index is 2.21. The number of fused-ring (bicyclic) bond motifs is 1. The molecule has 0 aromatic rings. The first-order chi connectivity index (χ1) is 4.90. The lowest BCUT2D eigenvalue weighted by Gasteiger charge is -1.96. The average molecular weight is 170 g/mol. The fraction of sp³-hybridized carbons (Fsp3) is 0.500. The fourth-order valence-electron chi connectivity index (χ4n) is 1.23. The van der Waals surface area contributed by atoms with Crippen LogP contribution in [0.3, 0.4) is 0 Å². The summed E-state index contributed by atoms with van der Waals surface area (Å²) in [6.45, 7) is 2.25. The molecule has 0 nitrogen and oxygen atoms in total. The minimum atomic E-state index is 0.741. The van der Waals surface area contributed by atoms with Crippen LogP contribution in [0.5, 0.6) is 0 Å². The first-order valence-electron chi connectivity index (χ1n) is 3.59. The summed E-state index contributed by atoms with van der Waals surface area (Å²) >= 11 is 3.98. The van der Waals surface area contributed by atoms with Crippen molar-refractivity contribution in [1.29, 1.82) is 0 Å². The fourth-order valence-corrected chi connectivity index (χ4v) is 3.80. The summed E-state index contributed by atoms with van der Waals surface area (Å²) in [5, 5.41) is 1.23. The van der Waals surface area contributed by atoms with E-state index in [1.54, 1.807) is 0 Å². The first kappa shape index (κ1) is 6.86. The normalized spacial score (nSPS) is 24.5. The topological polar surface area (TPSA) is 0 Å². The molecule has 1 saturated heterocycles. The summed E-state index contributed by atoms with van der Waals surface area (Å²) in [6, 6.07) is 0. The van der Waals surface area contributed by atoms with Gasteiger partial charge in [0.05, 0.1) is 0 Å². The van der Waals surface area contributed by atoms with Crippen LogP contribution in [0.2, 0.25) is 0 Å². The molecule has 0 bridgehead atoms. The smallest absolute Gasteiger partial charge is 0.0487 e. The van der Waals surface area contributed by atoms with Gasteiger partial charge in [-0.2, -0.15) is 0 Å². The molecule has 54 valence electrons. The van der Waals surface area contributed by atoms with Crippen molar-refractivity contribution in [3.63, 3.8) is 0 Å². The Morgan fingerprint density at radius 3 is 2.50 bits per heavy atom. The molecule has 0 unspecified atom stereocenters. The lowest BCUT2D eigenvalue weighted by atomic mass is 10.1. The highest BCUT2D eigenvalue weighted by Crippen LogP contribution is 2.48. The van der Waals surface area contributed by atoms with E-state index in [9.17, 15) is 0 Å². The Bertz CT molecular complexity index is 183. The summed E-state index contributed by atoms with van der Waals surface area (Å²) in [7, 11) is 0. The van der Waals surface area contributed by atoms with Gasteiger partial charge in [0.2, 0.25) is 0 Å². The zero-order chi connectivity index (χ0) is 6.97. The molecule has 0 radical (unpaired) electrons. The van der Waals surface area contributed by atoms with Crippen LogP contribution in [-0.4, -0.2) is 5.08 Å². The maximum atomic E-state index is 2.40. The zero-order valence-corrected chi connectivity index (χ0v) is 7.60. The van der Waals surface area contributed by atoms with Crippen LogP contribution in [0.4, 0.5) is 0 Å². The van der Waals surface area contributed by atoms with Crippen molar-refractivity contribution < 1.29 is 0 Å². The van der Waals surface area contributed by atoms with Gasteiger partial charge in [-0.3, -0.25) is 0 Å². The molecular formula is C8H10S2. The molecule has 10 heavy (non-hydrogen) atoms. The highest BCUT2D eigenvalue weighted by Gasteiger charge is 2.21. The molecular weight excluding hydrogens is 160 g/mol. The molecule has 1 heterocycles. The largest absolute Gasteiger partial charge is 0.114 e. The number of rotatable bonds is 1. The second-order valence-corrected chi connectivity index (χ2v) is 4.94. The van der Waals surface area contributed by atoms with Crippen molar-refractivity contribution >= 4 is 23.5 Å². The van der Waals surface area contributed by atoms with Crippen molar-refractivity contribution in [3.05, 3.63) is 22.0 Å². The molecule has 0 amide bonds. The van der Waals surface area contributed by atoms with E-state index in [1.807, 2.05) is 23.5 Å². The first-order valence-corrected chi connectivity index (χ1v) is 5.57. The van der Waals surface area contributed by atoms with E-state index in [1.165, 1.54) is 21.3 Å². The van der Waals surface area contributed by atoms with Crippen LogP contribution in [0, 0.1) is 5.92 Å². The molecule has 1 fully saturated rings. The van der Waals surface area contributed by atoms with Gasteiger partial charge >= 0.3 is 0 Å². The van der Waals surface area contributed by atoms with Crippen LogP contribution >= 0.6 is 23.5 Å². The van der Waals surface area contributed by atoms with Gasteiger partial charge in [-0.15, -0.1) is 23.5 Å². The molecule has 0 atom stereocenters. The minimum Gasteiger partial charge on any atom is -0.114 e. The maximum Gasteiger partial charge on any atom is 0.0487 e. The van der Waals surface area contributed by atoms with E-state index in [0.717, 1.165) is 5.92 Å². The number of thioether (sulfide) groups is 2. The van der Waals surface area contributed by atoms with Gasteiger partial charge in [-0.1, -0.05) is 19.1 Å². The van der Waals surface area contributed by atoms with E-state index >= 15 is 0 Å². The van der Waals surface area contributed by atoms with Crippen LogP contribution in [0.25, 0.3) is 0 Å². The van der Waals surface area contributed by atoms with Gasteiger partial charge in [-0.25, -0.2) is 0 Å². The predicted molar refractivity (Wildman–Crippen MR) is 50.0 cm³/mol. The Morgan fingerprint density at radius 2 is 2.00 bits per heavy atom. The molecule has 1 aliphatic carbocycles. The third kappa shape index (κ3) is 1.04. The van der Waals surface area contributed by atoms with E-state index in [0.29, 0.717) is 0 Å². The van der Waals surface area contributed by atoms with Crippen molar-refractivity contribution in [3.8, 4) is 0 Å². The molecule has 2 rings (SSSR count). The molecule has 0 N–H and O–H groups in total. The maximum absolute atomic E-state index is 2.40. The third-order valence-electron chi connectivity index (χ3n) is 1.87. The summed E-state index contributed by atoms with van der Waals surface area (Å²) in [4.78, 5) is 3.08. The standard InChI is InChI=1S/C8H10S2/c1-2-6-3-7-8(4-6)10-5-9-7/h3-4,6H,2,5H2,1H3. The van der Waals surface area contributed by atoms with Gasteiger partial charge in [-0.05, 0) is 12.3 Å². The highest BCUT2D eigenvalue weighted by molar-refractivity contribution is 8.24. The number of allylic oxidation sites excluding steroid dienone is 2. The van der Waals surface area contributed by atoms with Gasteiger partial charge in [0.1, 0.15) is 0 Å². The minimum absolute atomic E-state index is 0.741. The molecule has 0 aromatic carbocycles. The lowest BCUT2D eigenvalue weighted by molar-refractivity contribution is 0.784. The Kier molecular flexibility index (Phi) is 1.83. The summed E-state index contributed by atoms with van der Waals surface area (Å²) in [5.74, 6) is 0.741. The number of hydrogen-bond acceptors (Lipinski definition) is 2. The molecule has 1 aliphatic heterocycles. The number of hydrogen-bond donors (Lipinski definition) is 0. The van der Waals surface area contributed by atoms with Gasteiger partial charge < -0.3 is 0 Å². The van der Waals surface area contributed by atoms with Gasteiger partial charge in [0.15, 0.2) is 0 Å². The Labute approximate surface area is 70.1 Å². The lowest BCUT2D eigenvalue weighted by Crippen LogP contribution is -1.82. The summed E-state index contributed by atoms with van der Waals surface area (Å²) < 4.78 is 0. The van der Waals surface area contributed by atoms with Crippen LogP contribution in [0.1, 0.15) is 13.3 Å². The zero-order valence-electron chi connectivity index (χ0n) is 5.96. The van der Waals surface area contributed by atoms with E-state index in [4.69, 9.17) is 0 Å². The second kappa shape index (κ2) is 2.67. The molecule has 0 aromatic heterocycles. The molecule has 2 heteroatoms. The molecule has 0 spiro atoms. The highest BCUT2D eigenvalue weighted by atomic mass is 32.2. The Hall–Kier alpha value is 0.180. The van der Waals surface area contributed by atoms with Crippen LogP contribution < -0.4 is 0 Å². The summed E-state index contributed by atoms with van der Waals surface area (Å²) in [6.07, 6.45) is 6.06. The van der Waals surface area contributed by atoms with E-state index in [2.05, 4.69) is 19.1 Å². The van der Waals surface area contributed by atoms with Crippen molar-refractivity contribution in [2.75, 3.05) is 5.08 Å². The predicted octanol–water partition coefficient (Wildman–Crippen LogP) is 3.23. The van der Waals surface area contributed by atoms with E-state index < -0.39 is 0 Å². The van der Waals surface area contributed by atoms with Crippen LogP contribution in [0.15, 0.2) is 22.0 Å². The van der Waals surface area contributed by atoms with E-state index in [-0.39, 0.29) is 0 Å². The quantitative estimate of drug-likeness (QED) is 0.592. The van der Waals surface area contributed by atoms with Crippen molar-refractivity contribution in [2.24, 2.45) is 5.92 Å². The van der Waals surface area contributed by atoms with Crippen molar-refractivity contribution in [2.45, 2.75) is 13.3 Å². The summed E-state index contributed by atoms with van der Waals surface area (Å²) in [5.41, 5.74) is 0. The van der Waals surface area contributed by atoms with Gasteiger partial charge in [0.25, 0.3) is 0 Å². The van der Waals surface area contributed by atoms with Crippen molar-refractivity contribution in [1.82, 2.24) is 0 Å². The van der Waals surface area contributed by atoms with Gasteiger partial charge in [0, 0.05) is 14.9 Å². The third-order valence-corrected chi connectivity index (χ3v) is 4.28. The SMILES string of the molecule is CCC1C=C2SCSC2=C1. The second-order valence-electron chi connectivity index (χ2n) is 2.54. The van der Waals surface area contributed by atoms with Crippen LogP contribution in [-0.2, 0) is 0 Å².